The molecule has 146 valence electrons. The Hall–Kier alpha value is -1.39. The third-order valence-electron chi connectivity index (χ3n) is 7.88. The average Bonchev–Trinajstić information content (AvgIpc) is 3.36. The molecule has 0 bridgehead atoms. The molecule has 4 fully saturated rings. The molecule has 0 unspecified atom stereocenters. The molecule has 0 radical (unpaired) electrons. The summed E-state index contributed by atoms with van der Waals surface area (Å²) in [5.74, 6) is 0.985. The standard InChI is InChI=1S/C23H31NO3/c1-22-9-5-10-23(15-26-23)20(22)12-17-18(21(25)27-19(17)13-22)14-24-11-8-16-6-3-2-4-7-16/h2-4,6-7,17-20,24H,5,8-15H2,1H3/t17-,18-,19-,20-,22-,23+/m1/s1. The van der Waals surface area contributed by atoms with E-state index in [0.717, 1.165) is 39.0 Å². The van der Waals surface area contributed by atoms with Crippen molar-refractivity contribution in [1.82, 2.24) is 5.32 Å². The van der Waals surface area contributed by atoms with E-state index in [9.17, 15) is 4.79 Å². The number of carbonyl (C=O) groups is 1. The van der Waals surface area contributed by atoms with E-state index in [0.29, 0.717) is 11.8 Å². The molecule has 4 heteroatoms. The molecule has 2 heterocycles. The van der Waals surface area contributed by atoms with E-state index in [-0.39, 0.29) is 29.0 Å². The van der Waals surface area contributed by atoms with Crippen molar-refractivity contribution in [3.05, 3.63) is 35.9 Å². The lowest BCUT2D eigenvalue weighted by Gasteiger charge is -2.51. The van der Waals surface area contributed by atoms with Crippen LogP contribution in [0.1, 0.15) is 44.6 Å². The summed E-state index contributed by atoms with van der Waals surface area (Å²) in [6.07, 6.45) is 6.95. The molecule has 4 nitrogen and oxygen atoms in total. The summed E-state index contributed by atoms with van der Waals surface area (Å²) in [5.41, 5.74) is 1.75. The molecule has 2 aliphatic heterocycles. The molecule has 1 N–H and O–H groups in total. The van der Waals surface area contributed by atoms with Crippen LogP contribution in [-0.2, 0) is 20.7 Å². The van der Waals surface area contributed by atoms with Gasteiger partial charge in [-0.2, -0.15) is 0 Å². The van der Waals surface area contributed by atoms with Crippen molar-refractivity contribution >= 4 is 5.97 Å². The molecule has 2 aliphatic carbocycles. The molecule has 2 saturated heterocycles. The number of hydrogen-bond acceptors (Lipinski definition) is 4. The van der Waals surface area contributed by atoms with Crippen LogP contribution in [0.5, 0.6) is 0 Å². The first-order valence-corrected chi connectivity index (χ1v) is 10.7. The minimum atomic E-state index is 0.00745. The van der Waals surface area contributed by atoms with Gasteiger partial charge in [-0.1, -0.05) is 37.3 Å². The monoisotopic (exact) mass is 369 g/mol. The van der Waals surface area contributed by atoms with Crippen LogP contribution >= 0.6 is 0 Å². The average molecular weight is 370 g/mol. The highest BCUT2D eigenvalue weighted by Crippen LogP contribution is 2.62. The normalized spacial score (nSPS) is 42.5. The summed E-state index contributed by atoms with van der Waals surface area (Å²) < 4.78 is 11.9. The number of epoxide rings is 1. The lowest BCUT2D eigenvalue weighted by atomic mass is 9.53. The second-order valence-electron chi connectivity index (χ2n) is 9.54. The van der Waals surface area contributed by atoms with Crippen LogP contribution in [0.2, 0.25) is 0 Å². The highest BCUT2D eigenvalue weighted by Gasteiger charge is 2.64. The summed E-state index contributed by atoms with van der Waals surface area (Å²) in [5, 5.41) is 3.53. The fourth-order valence-corrected chi connectivity index (χ4v) is 6.33. The zero-order valence-electron chi connectivity index (χ0n) is 16.3. The molecule has 5 rings (SSSR count). The topological polar surface area (TPSA) is 50.9 Å². The highest BCUT2D eigenvalue weighted by atomic mass is 16.6. The molecule has 4 aliphatic rings. The predicted octanol–water partition coefficient (Wildman–Crippen LogP) is 3.35. The number of ether oxygens (including phenoxy) is 2. The van der Waals surface area contributed by atoms with Crippen LogP contribution in [0.4, 0.5) is 0 Å². The largest absolute Gasteiger partial charge is 0.462 e. The van der Waals surface area contributed by atoms with Crippen LogP contribution < -0.4 is 5.32 Å². The Morgan fingerprint density at radius 3 is 2.81 bits per heavy atom. The van der Waals surface area contributed by atoms with Gasteiger partial charge in [0.2, 0.25) is 0 Å². The maximum absolute atomic E-state index is 12.6. The first-order chi connectivity index (χ1) is 13.1. The second-order valence-corrected chi connectivity index (χ2v) is 9.54. The van der Waals surface area contributed by atoms with Gasteiger partial charge in [-0.15, -0.1) is 0 Å². The molecular weight excluding hydrogens is 338 g/mol. The van der Waals surface area contributed by atoms with Crippen LogP contribution in [-0.4, -0.2) is 37.4 Å². The smallest absolute Gasteiger partial charge is 0.310 e. The van der Waals surface area contributed by atoms with Gasteiger partial charge in [-0.05, 0) is 62.0 Å². The van der Waals surface area contributed by atoms with E-state index >= 15 is 0 Å². The Balaban J connectivity index is 1.22. The van der Waals surface area contributed by atoms with Gasteiger partial charge in [0.05, 0.1) is 18.1 Å². The van der Waals surface area contributed by atoms with E-state index in [4.69, 9.17) is 9.47 Å². The third kappa shape index (κ3) is 3.11. The molecule has 2 saturated carbocycles. The maximum atomic E-state index is 12.6. The van der Waals surface area contributed by atoms with Gasteiger partial charge in [0.1, 0.15) is 6.10 Å². The van der Waals surface area contributed by atoms with Gasteiger partial charge in [-0.3, -0.25) is 4.79 Å². The molecule has 1 aromatic carbocycles. The first-order valence-electron chi connectivity index (χ1n) is 10.7. The first kappa shape index (κ1) is 17.7. The molecule has 0 amide bonds. The quantitative estimate of drug-likeness (QED) is 0.491. The van der Waals surface area contributed by atoms with Crippen molar-refractivity contribution in [3.8, 4) is 0 Å². The van der Waals surface area contributed by atoms with Gasteiger partial charge in [0.25, 0.3) is 0 Å². The fourth-order valence-electron chi connectivity index (χ4n) is 6.33. The zero-order valence-corrected chi connectivity index (χ0v) is 16.3. The summed E-state index contributed by atoms with van der Waals surface area (Å²) in [7, 11) is 0. The molecule has 1 aromatic rings. The lowest BCUT2D eigenvalue weighted by molar-refractivity contribution is -0.147. The van der Waals surface area contributed by atoms with Crippen molar-refractivity contribution in [2.75, 3.05) is 19.7 Å². The van der Waals surface area contributed by atoms with Crippen molar-refractivity contribution in [2.24, 2.45) is 23.2 Å². The van der Waals surface area contributed by atoms with Gasteiger partial charge in [-0.25, -0.2) is 0 Å². The number of fused-ring (bicyclic) bond motifs is 3. The second kappa shape index (κ2) is 6.59. The van der Waals surface area contributed by atoms with Crippen LogP contribution in [0.3, 0.4) is 0 Å². The molecular formula is C23H31NO3. The summed E-state index contributed by atoms with van der Waals surface area (Å²) in [6, 6.07) is 10.5. The van der Waals surface area contributed by atoms with Crippen molar-refractivity contribution in [1.29, 1.82) is 0 Å². The van der Waals surface area contributed by atoms with Crippen molar-refractivity contribution in [2.45, 2.75) is 57.2 Å². The Labute approximate surface area is 162 Å². The van der Waals surface area contributed by atoms with Gasteiger partial charge in [0.15, 0.2) is 0 Å². The van der Waals surface area contributed by atoms with E-state index < -0.39 is 0 Å². The van der Waals surface area contributed by atoms with Crippen LogP contribution in [0, 0.1) is 23.2 Å². The van der Waals surface area contributed by atoms with E-state index in [1.54, 1.807) is 0 Å². The van der Waals surface area contributed by atoms with E-state index in [1.807, 2.05) is 6.07 Å². The lowest BCUT2D eigenvalue weighted by Crippen LogP contribution is -2.51. The number of hydrogen-bond donors (Lipinski definition) is 1. The summed E-state index contributed by atoms with van der Waals surface area (Å²) in [4.78, 5) is 12.6. The van der Waals surface area contributed by atoms with Gasteiger partial charge in [0, 0.05) is 12.5 Å². The SMILES string of the molecule is C[C@]12CCC[C@]3(CO3)[C@@H]1C[C@H]1[C@@H](C2)OC(=O)[C@@H]1CNCCc1ccccc1. The summed E-state index contributed by atoms with van der Waals surface area (Å²) in [6.45, 7) is 4.98. The maximum Gasteiger partial charge on any atom is 0.310 e. The minimum Gasteiger partial charge on any atom is -0.462 e. The number of nitrogens with one attached hydrogen (secondary N) is 1. The fraction of sp³-hybridized carbons (Fsp3) is 0.696. The Morgan fingerprint density at radius 2 is 2.04 bits per heavy atom. The number of carbonyl (C=O) groups excluding carboxylic acids is 1. The summed E-state index contributed by atoms with van der Waals surface area (Å²) >= 11 is 0. The third-order valence-corrected chi connectivity index (χ3v) is 7.88. The van der Waals surface area contributed by atoms with E-state index in [2.05, 4.69) is 36.5 Å². The van der Waals surface area contributed by atoms with Crippen molar-refractivity contribution in [3.63, 3.8) is 0 Å². The van der Waals surface area contributed by atoms with Crippen LogP contribution in [0.25, 0.3) is 0 Å². The Bertz CT molecular complexity index is 701. The van der Waals surface area contributed by atoms with Gasteiger partial charge < -0.3 is 14.8 Å². The number of benzene rings is 1. The molecule has 0 aromatic heterocycles. The van der Waals surface area contributed by atoms with Crippen LogP contribution in [0.15, 0.2) is 30.3 Å². The van der Waals surface area contributed by atoms with Crippen molar-refractivity contribution < 1.29 is 14.3 Å². The highest BCUT2D eigenvalue weighted by molar-refractivity contribution is 5.75. The molecule has 6 atom stereocenters. The zero-order chi connectivity index (χ0) is 18.5. The van der Waals surface area contributed by atoms with E-state index in [1.165, 1.54) is 24.8 Å². The number of esters is 1. The minimum absolute atomic E-state index is 0.00745. The van der Waals surface area contributed by atoms with Gasteiger partial charge >= 0.3 is 5.97 Å². The predicted molar refractivity (Wildman–Crippen MR) is 103 cm³/mol. The molecule has 27 heavy (non-hydrogen) atoms. The Morgan fingerprint density at radius 1 is 1.22 bits per heavy atom. The molecule has 1 spiro atoms. The Kier molecular flexibility index (Phi) is 4.32. The number of rotatable bonds is 5.